The molecule has 2 heterocycles. The van der Waals surface area contributed by atoms with E-state index < -0.39 is 47.4 Å². The van der Waals surface area contributed by atoms with Gasteiger partial charge >= 0.3 is 12.1 Å². The third-order valence-corrected chi connectivity index (χ3v) is 5.17. The highest BCUT2D eigenvalue weighted by Crippen LogP contribution is 2.47. The molecule has 0 bridgehead atoms. The summed E-state index contributed by atoms with van der Waals surface area (Å²) >= 11 is 1.23. The van der Waals surface area contributed by atoms with Gasteiger partial charge in [0.2, 0.25) is 5.91 Å². The SMILES string of the molecule is NCCS[C@@H]1C[C@@H]2C([C@H](O)C(F)(F)F)C(=O)N2C1C(=O)O. The van der Waals surface area contributed by atoms with Gasteiger partial charge in [-0.2, -0.15) is 24.9 Å². The zero-order valence-electron chi connectivity index (χ0n) is 10.8. The van der Waals surface area contributed by atoms with Crippen molar-refractivity contribution in [3.05, 3.63) is 0 Å². The number of amides is 1. The quantitative estimate of drug-likeness (QED) is 0.596. The molecule has 5 atom stereocenters. The standard InChI is InChI=1S/C11H15F3N2O4S/c12-11(13,14)8(17)6-4-3-5(21-2-1-15)7(10(19)20)16(4)9(6)18/h4-8,17H,1-3,15H2,(H,19,20)/t4-,5-,6?,7?,8+/m1/s1. The minimum Gasteiger partial charge on any atom is -0.480 e. The van der Waals surface area contributed by atoms with Gasteiger partial charge in [0.05, 0.1) is 5.92 Å². The maximum Gasteiger partial charge on any atom is 0.415 e. The summed E-state index contributed by atoms with van der Waals surface area (Å²) in [5.41, 5.74) is 5.34. The molecule has 1 amide bonds. The number of carboxylic acids is 1. The zero-order valence-corrected chi connectivity index (χ0v) is 11.6. The molecule has 120 valence electrons. The number of rotatable bonds is 5. The highest BCUT2D eigenvalue weighted by molar-refractivity contribution is 8.00. The number of fused-ring (bicyclic) bond motifs is 1. The predicted octanol–water partition coefficient (Wildman–Crippen LogP) is -0.346. The van der Waals surface area contributed by atoms with Gasteiger partial charge in [-0.25, -0.2) is 4.79 Å². The summed E-state index contributed by atoms with van der Waals surface area (Å²) < 4.78 is 37.6. The summed E-state index contributed by atoms with van der Waals surface area (Å²) in [7, 11) is 0. The lowest BCUT2D eigenvalue weighted by molar-refractivity contribution is -0.238. The summed E-state index contributed by atoms with van der Waals surface area (Å²) in [6.45, 7) is 0.306. The number of carbonyl (C=O) groups is 2. The Morgan fingerprint density at radius 2 is 2.14 bits per heavy atom. The highest BCUT2D eigenvalue weighted by Gasteiger charge is 2.65. The second-order valence-electron chi connectivity index (χ2n) is 5.04. The van der Waals surface area contributed by atoms with Crippen LogP contribution in [0.25, 0.3) is 0 Å². The number of aliphatic carboxylic acids is 1. The fourth-order valence-corrected chi connectivity index (χ4v) is 4.15. The van der Waals surface area contributed by atoms with Crippen molar-refractivity contribution < 1.29 is 33.0 Å². The van der Waals surface area contributed by atoms with E-state index in [1.165, 1.54) is 11.8 Å². The molecule has 6 nitrogen and oxygen atoms in total. The van der Waals surface area contributed by atoms with Gasteiger partial charge in [-0.1, -0.05) is 0 Å². The first-order chi connectivity index (χ1) is 9.70. The van der Waals surface area contributed by atoms with Crippen LogP contribution in [0.15, 0.2) is 0 Å². The normalized spacial score (nSPS) is 33.6. The topological polar surface area (TPSA) is 104 Å². The molecule has 0 saturated carbocycles. The first-order valence-corrected chi connectivity index (χ1v) is 7.36. The molecule has 0 aliphatic carbocycles. The molecule has 2 unspecified atom stereocenters. The van der Waals surface area contributed by atoms with Gasteiger partial charge in [-0.15, -0.1) is 0 Å². The molecule has 0 aromatic heterocycles. The average molecular weight is 328 g/mol. The van der Waals surface area contributed by atoms with Gasteiger partial charge < -0.3 is 20.8 Å². The van der Waals surface area contributed by atoms with E-state index in [1.807, 2.05) is 0 Å². The average Bonchev–Trinajstić information content (AvgIpc) is 2.70. The van der Waals surface area contributed by atoms with E-state index in [0.29, 0.717) is 12.3 Å². The summed E-state index contributed by atoms with van der Waals surface area (Å²) in [5.74, 6) is -3.35. The molecule has 4 N–H and O–H groups in total. The van der Waals surface area contributed by atoms with Gasteiger partial charge in [-0.3, -0.25) is 4.79 Å². The molecule has 2 rings (SSSR count). The third-order valence-electron chi connectivity index (χ3n) is 3.82. The molecular formula is C11H15F3N2O4S. The number of hydrogen-bond donors (Lipinski definition) is 3. The molecule has 0 radical (unpaired) electrons. The fraction of sp³-hybridized carbons (Fsp3) is 0.818. The van der Waals surface area contributed by atoms with Crippen molar-refractivity contribution in [2.24, 2.45) is 11.7 Å². The Labute approximate surface area is 122 Å². The number of nitrogens with zero attached hydrogens (tertiary/aromatic N) is 1. The largest absolute Gasteiger partial charge is 0.480 e. The van der Waals surface area contributed by atoms with Gasteiger partial charge in [0.15, 0.2) is 6.10 Å². The number of nitrogens with two attached hydrogens (primary N) is 1. The maximum atomic E-state index is 12.5. The lowest BCUT2D eigenvalue weighted by atomic mass is 9.83. The summed E-state index contributed by atoms with van der Waals surface area (Å²) in [4.78, 5) is 24.0. The summed E-state index contributed by atoms with van der Waals surface area (Å²) in [5, 5.41) is 17.9. The van der Waals surface area contributed by atoms with Crippen LogP contribution in [-0.4, -0.2) is 68.9 Å². The molecular weight excluding hydrogens is 313 g/mol. The van der Waals surface area contributed by atoms with E-state index in [-0.39, 0.29) is 6.42 Å². The van der Waals surface area contributed by atoms with Crippen molar-refractivity contribution >= 4 is 23.6 Å². The van der Waals surface area contributed by atoms with E-state index in [9.17, 15) is 33.0 Å². The molecule has 2 fully saturated rings. The molecule has 0 aromatic carbocycles. The maximum absolute atomic E-state index is 12.5. The van der Waals surface area contributed by atoms with Crippen LogP contribution in [0.5, 0.6) is 0 Å². The van der Waals surface area contributed by atoms with Crippen molar-refractivity contribution in [1.29, 1.82) is 0 Å². The van der Waals surface area contributed by atoms with Crippen molar-refractivity contribution in [2.75, 3.05) is 12.3 Å². The lowest BCUT2D eigenvalue weighted by Crippen LogP contribution is -2.67. The van der Waals surface area contributed by atoms with Gasteiger partial charge in [0.25, 0.3) is 0 Å². The van der Waals surface area contributed by atoms with E-state index >= 15 is 0 Å². The van der Waals surface area contributed by atoms with Crippen molar-refractivity contribution in [3.8, 4) is 0 Å². The molecule has 10 heteroatoms. The minimum absolute atomic E-state index is 0.116. The van der Waals surface area contributed by atoms with Gasteiger partial charge in [-0.05, 0) is 6.42 Å². The number of aliphatic hydroxyl groups excluding tert-OH is 1. The van der Waals surface area contributed by atoms with Crippen molar-refractivity contribution in [3.63, 3.8) is 0 Å². The lowest BCUT2D eigenvalue weighted by Gasteiger charge is -2.46. The fourth-order valence-electron chi connectivity index (χ4n) is 2.95. The second-order valence-corrected chi connectivity index (χ2v) is 6.39. The molecule has 2 saturated heterocycles. The third kappa shape index (κ3) is 2.71. The van der Waals surface area contributed by atoms with Crippen LogP contribution in [0.3, 0.4) is 0 Å². The number of alkyl halides is 3. The number of carbonyl (C=O) groups excluding carboxylic acids is 1. The molecule has 21 heavy (non-hydrogen) atoms. The van der Waals surface area contributed by atoms with E-state index in [2.05, 4.69) is 0 Å². The summed E-state index contributed by atoms with van der Waals surface area (Å²) in [6.07, 6.45) is -7.53. The number of hydrogen-bond acceptors (Lipinski definition) is 5. The summed E-state index contributed by atoms with van der Waals surface area (Å²) in [6, 6.07) is -2.04. The number of aliphatic hydroxyl groups is 1. The first kappa shape index (κ1) is 16.4. The van der Waals surface area contributed by atoms with Crippen LogP contribution in [0.1, 0.15) is 6.42 Å². The molecule has 2 aliphatic rings. The molecule has 0 aromatic rings. The molecule has 2 aliphatic heterocycles. The predicted molar refractivity (Wildman–Crippen MR) is 67.5 cm³/mol. The van der Waals surface area contributed by atoms with Gasteiger partial charge in [0.1, 0.15) is 6.04 Å². The van der Waals surface area contributed by atoms with E-state index in [0.717, 1.165) is 4.90 Å². The van der Waals surface area contributed by atoms with Crippen LogP contribution in [0.4, 0.5) is 13.2 Å². The van der Waals surface area contributed by atoms with E-state index in [1.54, 1.807) is 0 Å². The Hall–Kier alpha value is -1.00. The van der Waals surface area contributed by atoms with Crippen LogP contribution < -0.4 is 5.73 Å². The van der Waals surface area contributed by atoms with Gasteiger partial charge in [0, 0.05) is 23.6 Å². The first-order valence-electron chi connectivity index (χ1n) is 6.31. The number of halogens is 3. The number of thioether (sulfide) groups is 1. The molecule has 0 spiro atoms. The Kier molecular flexibility index (Phi) is 4.41. The minimum atomic E-state index is -4.90. The number of carboxylic acid groups (broad SMARTS) is 1. The Morgan fingerprint density at radius 1 is 1.52 bits per heavy atom. The number of β-lactam (4-membered cyclic amide) rings is 1. The van der Waals surface area contributed by atoms with Crippen molar-refractivity contribution in [1.82, 2.24) is 4.90 Å². The van der Waals surface area contributed by atoms with Crippen LogP contribution in [-0.2, 0) is 9.59 Å². The Balaban J connectivity index is 2.16. The van der Waals surface area contributed by atoms with Crippen LogP contribution in [0.2, 0.25) is 0 Å². The second kappa shape index (κ2) is 5.65. The monoisotopic (exact) mass is 328 g/mol. The smallest absolute Gasteiger partial charge is 0.415 e. The zero-order chi connectivity index (χ0) is 15.9. The van der Waals surface area contributed by atoms with Crippen LogP contribution in [0, 0.1) is 5.92 Å². The Morgan fingerprint density at radius 3 is 2.62 bits per heavy atom. The van der Waals surface area contributed by atoms with E-state index in [4.69, 9.17) is 5.73 Å². The Bertz CT molecular complexity index is 448. The van der Waals surface area contributed by atoms with Crippen molar-refractivity contribution in [2.45, 2.75) is 36.0 Å². The highest BCUT2D eigenvalue weighted by atomic mass is 32.2. The van der Waals surface area contributed by atoms with Crippen LogP contribution >= 0.6 is 11.8 Å².